The van der Waals surface area contributed by atoms with Crippen LogP contribution in [0.15, 0.2) is 36.4 Å². The van der Waals surface area contributed by atoms with Crippen LogP contribution in [0.25, 0.3) is 16.6 Å². The Labute approximate surface area is 170 Å². The number of Topliss-reactive ketones (excluding diaryl/α,β-unsaturated/α-hetero) is 1. The molecule has 2 aromatic carbocycles. The van der Waals surface area contributed by atoms with Crippen LogP contribution in [0.5, 0.6) is 17.2 Å². The first kappa shape index (κ1) is 20.7. The molecule has 6 nitrogen and oxygen atoms in total. The van der Waals surface area contributed by atoms with Crippen molar-refractivity contribution in [2.75, 3.05) is 27.4 Å². The Morgan fingerprint density at radius 1 is 1.03 bits per heavy atom. The molecule has 0 aliphatic heterocycles. The lowest BCUT2D eigenvalue weighted by Crippen LogP contribution is -2.01. The second kappa shape index (κ2) is 9.01. The summed E-state index contributed by atoms with van der Waals surface area (Å²) in [6.45, 7) is 4.26. The van der Waals surface area contributed by atoms with Crippen LogP contribution in [-0.4, -0.2) is 42.9 Å². The summed E-state index contributed by atoms with van der Waals surface area (Å²) in [5.41, 5.74) is 3.33. The Kier molecular flexibility index (Phi) is 6.44. The van der Waals surface area contributed by atoms with Gasteiger partial charge < -0.3 is 23.9 Å². The topological polar surface area (TPSA) is 69.9 Å². The van der Waals surface area contributed by atoms with E-state index in [0.717, 1.165) is 40.9 Å². The molecule has 0 fully saturated rings. The van der Waals surface area contributed by atoms with Crippen molar-refractivity contribution in [1.29, 1.82) is 0 Å². The summed E-state index contributed by atoms with van der Waals surface area (Å²) in [4.78, 5) is 12.4. The number of unbranched alkanes of at least 4 members (excludes halogenated alkanes) is 1. The molecule has 0 aliphatic carbocycles. The smallest absolute Gasteiger partial charge is 0.162 e. The van der Waals surface area contributed by atoms with Crippen LogP contribution in [-0.2, 0) is 0 Å². The van der Waals surface area contributed by atoms with Crippen LogP contribution in [0.4, 0.5) is 0 Å². The van der Waals surface area contributed by atoms with Crippen LogP contribution in [0.2, 0.25) is 0 Å². The highest BCUT2D eigenvalue weighted by Crippen LogP contribution is 2.38. The third kappa shape index (κ3) is 4.07. The molecule has 0 spiro atoms. The van der Waals surface area contributed by atoms with E-state index < -0.39 is 0 Å². The summed E-state index contributed by atoms with van der Waals surface area (Å²) in [5, 5.41) is 9.68. The average Bonchev–Trinajstić information content (AvgIpc) is 3.01. The molecule has 0 amide bonds. The molecule has 1 heterocycles. The molecule has 0 saturated carbocycles. The highest BCUT2D eigenvalue weighted by atomic mass is 16.5. The monoisotopic (exact) mass is 397 g/mol. The molecule has 0 aliphatic rings. The number of hydrogen-bond donors (Lipinski definition) is 1. The molecule has 29 heavy (non-hydrogen) atoms. The first-order valence-electron chi connectivity index (χ1n) is 9.63. The number of fused-ring (bicyclic) bond motifs is 1. The molecule has 0 bridgehead atoms. The predicted molar refractivity (Wildman–Crippen MR) is 113 cm³/mol. The Morgan fingerprint density at radius 2 is 1.69 bits per heavy atom. The van der Waals surface area contributed by atoms with Crippen molar-refractivity contribution in [1.82, 2.24) is 4.57 Å². The van der Waals surface area contributed by atoms with Crippen molar-refractivity contribution < 1.29 is 24.1 Å². The lowest BCUT2D eigenvalue weighted by molar-refractivity contribution is 0.101. The van der Waals surface area contributed by atoms with Crippen LogP contribution in [0, 0.1) is 6.92 Å². The van der Waals surface area contributed by atoms with E-state index in [-0.39, 0.29) is 12.4 Å². The van der Waals surface area contributed by atoms with Crippen LogP contribution in [0.3, 0.4) is 0 Å². The fourth-order valence-corrected chi connectivity index (χ4v) is 3.61. The van der Waals surface area contributed by atoms with Gasteiger partial charge in [0.2, 0.25) is 0 Å². The number of nitrogens with zero attached hydrogens (tertiary/aromatic N) is 1. The number of hydrogen-bond acceptors (Lipinski definition) is 5. The SMILES string of the molecule is COc1cc2c(C(C)=O)c(C)n(-c3ccc(OCCCCO)cc3)c2cc1OC. The van der Waals surface area contributed by atoms with E-state index in [1.807, 2.05) is 47.9 Å². The molecule has 0 atom stereocenters. The number of rotatable bonds is 9. The van der Waals surface area contributed by atoms with Crippen LogP contribution in [0.1, 0.15) is 35.8 Å². The van der Waals surface area contributed by atoms with Crippen molar-refractivity contribution in [3.05, 3.63) is 47.7 Å². The van der Waals surface area contributed by atoms with Gasteiger partial charge in [0.15, 0.2) is 17.3 Å². The average molecular weight is 397 g/mol. The molecule has 3 aromatic rings. The minimum atomic E-state index is 0.00214. The van der Waals surface area contributed by atoms with Crippen LogP contribution < -0.4 is 14.2 Å². The molecule has 1 N–H and O–H groups in total. The molecule has 3 rings (SSSR count). The third-order valence-electron chi connectivity index (χ3n) is 4.98. The van der Waals surface area contributed by atoms with Crippen molar-refractivity contribution in [3.63, 3.8) is 0 Å². The number of ketones is 1. The van der Waals surface area contributed by atoms with Gasteiger partial charge in [0.05, 0.1) is 26.3 Å². The van der Waals surface area contributed by atoms with Gasteiger partial charge in [-0.2, -0.15) is 0 Å². The zero-order chi connectivity index (χ0) is 21.0. The van der Waals surface area contributed by atoms with E-state index in [1.54, 1.807) is 21.1 Å². The van der Waals surface area contributed by atoms with Gasteiger partial charge in [0, 0.05) is 35.0 Å². The summed E-state index contributed by atoms with van der Waals surface area (Å²) >= 11 is 0. The Balaban J connectivity index is 2.06. The van der Waals surface area contributed by atoms with Crippen molar-refractivity contribution >= 4 is 16.7 Å². The lowest BCUT2D eigenvalue weighted by Gasteiger charge is -2.12. The summed E-state index contributed by atoms with van der Waals surface area (Å²) < 4.78 is 18.7. The number of carbonyl (C=O) groups is 1. The Morgan fingerprint density at radius 3 is 2.28 bits per heavy atom. The summed E-state index contributed by atoms with van der Waals surface area (Å²) in [7, 11) is 3.18. The van der Waals surface area contributed by atoms with Crippen molar-refractivity contribution in [2.45, 2.75) is 26.7 Å². The van der Waals surface area contributed by atoms with Gasteiger partial charge in [-0.25, -0.2) is 0 Å². The molecular weight excluding hydrogens is 370 g/mol. The highest BCUT2D eigenvalue weighted by Gasteiger charge is 2.21. The first-order chi connectivity index (χ1) is 14.0. The molecule has 154 valence electrons. The number of benzene rings is 2. The molecule has 6 heteroatoms. The molecule has 1 aromatic heterocycles. The fourth-order valence-electron chi connectivity index (χ4n) is 3.61. The maximum atomic E-state index is 12.4. The Bertz CT molecular complexity index is 1000. The number of carbonyl (C=O) groups excluding carboxylic acids is 1. The summed E-state index contributed by atoms with van der Waals surface area (Å²) in [5.74, 6) is 1.97. The van der Waals surface area contributed by atoms with Gasteiger partial charge in [-0.05, 0) is 57.0 Å². The predicted octanol–water partition coefficient (Wildman–Crippen LogP) is 4.31. The fraction of sp³-hybridized carbons (Fsp3) is 0.348. The quantitative estimate of drug-likeness (QED) is 0.430. The maximum absolute atomic E-state index is 12.4. The molecule has 0 unspecified atom stereocenters. The van der Waals surface area contributed by atoms with E-state index in [9.17, 15) is 4.79 Å². The standard InChI is InChI=1S/C23H27NO5/c1-15-23(16(2)26)19-13-21(27-3)22(28-4)14-20(19)24(15)17-7-9-18(10-8-17)29-12-6-5-11-25/h7-10,13-14,25H,5-6,11-12H2,1-4H3. The maximum Gasteiger partial charge on any atom is 0.162 e. The zero-order valence-corrected chi connectivity index (χ0v) is 17.3. The molecule has 0 radical (unpaired) electrons. The summed E-state index contributed by atoms with van der Waals surface area (Å²) in [6.07, 6.45) is 1.54. The first-order valence-corrected chi connectivity index (χ1v) is 9.63. The van der Waals surface area contributed by atoms with Gasteiger partial charge >= 0.3 is 0 Å². The second-order valence-electron chi connectivity index (χ2n) is 6.85. The lowest BCUT2D eigenvalue weighted by atomic mass is 10.1. The van der Waals surface area contributed by atoms with E-state index in [2.05, 4.69) is 0 Å². The van der Waals surface area contributed by atoms with Gasteiger partial charge in [-0.15, -0.1) is 0 Å². The number of ether oxygens (including phenoxy) is 3. The molecule has 0 saturated heterocycles. The number of aliphatic hydroxyl groups is 1. The van der Waals surface area contributed by atoms with Gasteiger partial charge in [-0.3, -0.25) is 4.79 Å². The van der Waals surface area contributed by atoms with Crippen LogP contribution >= 0.6 is 0 Å². The summed E-state index contributed by atoms with van der Waals surface area (Å²) in [6, 6.07) is 11.5. The van der Waals surface area contributed by atoms with Crippen molar-refractivity contribution in [3.8, 4) is 22.9 Å². The third-order valence-corrected chi connectivity index (χ3v) is 4.98. The molecular formula is C23H27NO5. The minimum absolute atomic E-state index is 0.00214. The van der Waals surface area contributed by atoms with E-state index in [0.29, 0.717) is 23.7 Å². The zero-order valence-electron chi connectivity index (χ0n) is 17.3. The van der Waals surface area contributed by atoms with Gasteiger partial charge in [0.1, 0.15) is 5.75 Å². The van der Waals surface area contributed by atoms with Crippen molar-refractivity contribution in [2.24, 2.45) is 0 Å². The highest BCUT2D eigenvalue weighted by molar-refractivity contribution is 6.09. The number of aromatic nitrogens is 1. The van der Waals surface area contributed by atoms with E-state index >= 15 is 0 Å². The largest absolute Gasteiger partial charge is 0.494 e. The number of methoxy groups -OCH3 is 2. The Hall–Kier alpha value is -2.99. The van der Waals surface area contributed by atoms with Gasteiger partial charge in [0.25, 0.3) is 0 Å². The van der Waals surface area contributed by atoms with Gasteiger partial charge in [-0.1, -0.05) is 0 Å². The second-order valence-corrected chi connectivity index (χ2v) is 6.85. The van der Waals surface area contributed by atoms with E-state index in [4.69, 9.17) is 19.3 Å². The normalized spacial score (nSPS) is 10.9. The van der Waals surface area contributed by atoms with E-state index in [1.165, 1.54) is 0 Å². The number of aliphatic hydroxyl groups excluding tert-OH is 1. The minimum Gasteiger partial charge on any atom is -0.494 e.